The van der Waals surface area contributed by atoms with E-state index in [1.165, 1.54) is 22.9 Å². The molecular weight excluding hydrogens is 447 g/mol. The number of hydrogen-bond donors (Lipinski definition) is 2. The largest absolute Gasteiger partial charge is 0.383 e. The fourth-order valence-electron chi connectivity index (χ4n) is 4.22. The number of methoxy groups -OCH3 is 1. The van der Waals surface area contributed by atoms with E-state index in [9.17, 15) is 18.0 Å². The zero-order valence-corrected chi connectivity index (χ0v) is 18.9. The van der Waals surface area contributed by atoms with Crippen LogP contribution in [0.15, 0.2) is 48.5 Å². The van der Waals surface area contributed by atoms with Crippen LogP contribution in [0.1, 0.15) is 11.5 Å². The number of amides is 2. The lowest BCUT2D eigenvalue weighted by Crippen LogP contribution is -2.42. The second kappa shape index (κ2) is 10.3. The number of rotatable bonds is 7. The summed E-state index contributed by atoms with van der Waals surface area (Å²) >= 11 is 0. The van der Waals surface area contributed by atoms with Crippen LogP contribution in [-0.2, 0) is 11.8 Å². The molecule has 2 N–H and O–H groups in total. The van der Waals surface area contributed by atoms with E-state index in [4.69, 9.17) is 4.74 Å². The summed E-state index contributed by atoms with van der Waals surface area (Å²) in [6, 6.07) is 9.99. The predicted molar refractivity (Wildman–Crippen MR) is 122 cm³/mol. The summed E-state index contributed by atoms with van der Waals surface area (Å²) < 4.78 is 48.2. The number of hydrogen-bond acceptors (Lipinski definition) is 4. The Bertz CT molecular complexity index is 1150. The molecule has 0 aliphatic carbocycles. The number of ether oxygens (including phenoxy) is 1. The van der Waals surface area contributed by atoms with Crippen LogP contribution in [0.25, 0.3) is 11.3 Å². The van der Waals surface area contributed by atoms with Crippen molar-refractivity contribution >= 4 is 11.8 Å². The fraction of sp³-hybridized carbons (Fsp3) is 0.333. The minimum atomic E-state index is -0.529. The second-order valence-corrected chi connectivity index (χ2v) is 8.27. The highest BCUT2D eigenvalue weighted by molar-refractivity contribution is 5.89. The smallest absolute Gasteiger partial charge is 0.320 e. The van der Waals surface area contributed by atoms with E-state index >= 15 is 0 Å². The van der Waals surface area contributed by atoms with Crippen LogP contribution in [0, 0.1) is 17.5 Å². The van der Waals surface area contributed by atoms with Gasteiger partial charge in [0.1, 0.15) is 23.3 Å². The number of aryl methyl sites for hydroxylation is 1. The van der Waals surface area contributed by atoms with Gasteiger partial charge in [-0.2, -0.15) is 5.10 Å². The molecule has 10 heteroatoms. The van der Waals surface area contributed by atoms with Gasteiger partial charge in [0.25, 0.3) is 0 Å². The maximum atomic E-state index is 14.5. The van der Waals surface area contributed by atoms with Crippen LogP contribution < -0.4 is 10.6 Å². The molecule has 1 fully saturated rings. The Morgan fingerprint density at radius 2 is 1.82 bits per heavy atom. The van der Waals surface area contributed by atoms with Crippen molar-refractivity contribution in [1.29, 1.82) is 0 Å². The maximum absolute atomic E-state index is 14.5. The molecule has 1 aromatic heterocycles. The molecule has 2 amide bonds. The Kier molecular flexibility index (Phi) is 7.18. The average Bonchev–Trinajstić information content (AvgIpc) is 3.37. The predicted octanol–water partition coefficient (Wildman–Crippen LogP) is 3.74. The molecule has 0 spiro atoms. The Morgan fingerprint density at radius 1 is 1.09 bits per heavy atom. The van der Waals surface area contributed by atoms with Gasteiger partial charge in [-0.25, -0.2) is 18.0 Å². The van der Waals surface area contributed by atoms with E-state index in [0.29, 0.717) is 43.3 Å². The van der Waals surface area contributed by atoms with Gasteiger partial charge in [-0.15, -0.1) is 0 Å². The first-order chi connectivity index (χ1) is 16.3. The number of halogens is 3. The van der Waals surface area contributed by atoms with Crippen molar-refractivity contribution in [2.75, 3.05) is 38.7 Å². The van der Waals surface area contributed by atoms with Crippen LogP contribution in [0.2, 0.25) is 0 Å². The highest BCUT2D eigenvalue weighted by atomic mass is 19.1. The number of nitrogens with zero attached hydrogens (tertiary/aromatic N) is 3. The van der Waals surface area contributed by atoms with Gasteiger partial charge in [0, 0.05) is 51.3 Å². The summed E-state index contributed by atoms with van der Waals surface area (Å²) in [6.45, 7) is 2.00. The van der Waals surface area contributed by atoms with Gasteiger partial charge in [0.2, 0.25) is 0 Å². The minimum absolute atomic E-state index is 0.226. The molecule has 180 valence electrons. The van der Waals surface area contributed by atoms with Crippen molar-refractivity contribution < 1.29 is 22.7 Å². The number of nitrogens with one attached hydrogen (secondary N) is 2. The molecule has 0 saturated carbocycles. The van der Waals surface area contributed by atoms with Crippen molar-refractivity contribution in [2.45, 2.75) is 12.0 Å². The van der Waals surface area contributed by atoms with E-state index in [0.717, 1.165) is 12.1 Å². The molecule has 2 unspecified atom stereocenters. The van der Waals surface area contributed by atoms with Crippen LogP contribution in [0.5, 0.6) is 0 Å². The van der Waals surface area contributed by atoms with Crippen molar-refractivity contribution in [3.63, 3.8) is 0 Å². The first kappa shape index (κ1) is 23.8. The number of carbonyl (C=O) groups is 1. The Hall–Kier alpha value is -3.37. The quantitative estimate of drug-likeness (QED) is 0.549. The molecule has 3 aromatic rings. The average molecular weight is 473 g/mol. The van der Waals surface area contributed by atoms with Gasteiger partial charge in [-0.1, -0.05) is 0 Å². The third-order valence-corrected chi connectivity index (χ3v) is 5.94. The summed E-state index contributed by atoms with van der Waals surface area (Å²) in [5.41, 5.74) is 1.50. The molecule has 0 bridgehead atoms. The summed E-state index contributed by atoms with van der Waals surface area (Å²) in [7, 11) is 3.27. The highest BCUT2D eigenvalue weighted by Crippen LogP contribution is 2.30. The number of anilines is 1. The number of likely N-dealkylation sites (tertiary alicyclic amines) is 1. The number of carbonyl (C=O) groups excluding carboxylic acids is 1. The van der Waals surface area contributed by atoms with Crippen molar-refractivity contribution in [1.82, 2.24) is 20.0 Å². The van der Waals surface area contributed by atoms with Crippen molar-refractivity contribution in [2.24, 2.45) is 7.05 Å². The first-order valence-electron chi connectivity index (χ1n) is 10.9. The minimum Gasteiger partial charge on any atom is -0.383 e. The lowest BCUT2D eigenvalue weighted by Gasteiger charge is -2.21. The Labute approximate surface area is 195 Å². The van der Waals surface area contributed by atoms with Gasteiger partial charge < -0.3 is 10.1 Å². The maximum Gasteiger partial charge on any atom is 0.320 e. The Balaban J connectivity index is 1.49. The van der Waals surface area contributed by atoms with Crippen LogP contribution in [0.4, 0.5) is 23.8 Å². The lowest BCUT2D eigenvalue weighted by atomic mass is 9.93. The molecule has 1 saturated heterocycles. The summed E-state index contributed by atoms with van der Waals surface area (Å²) in [5, 5.41) is 10.0. The fourth-order valence-corrected chi connectivity index (χ4v) is 4.22. The van der Waals surface area contributed by atoms with Gasteiger partial charge in [-0.3, -0.25) is 14.9 Å². The zero-order chi connectivity index (χ0) is 24.2. The molecule has 1 aliphatic heterocycles. The highest BCUT2D eigenvalue weighted by Gasteiger charge is 2.36. The molecular formula is C24H26F3N5O2. The third kappa shape index (κ3) is 5.40. The standard InChI is InChI=1S/C24H26F3N5O2/c1-31-23(12-21(30-31)15-3-5-16(25)6-4-15)29-24(33)28-22-14-32(9-10-34-2)13-19(22)18-11-17(26)7-8-20(18)27/h3-8,11-12,19,22H,9-10,13-14H2,1-2H3,(H2,28,29,33). The monoisotopic (exact) mass is 473 g/mol. The van der Waals surface area contributed by atoms with Gasteiger partial charge in [0.05, 0.1) is 18.3 Å². The summed E-state index contributed by atoms with van der Waals surface area (Å²) in [6.07, 6.45) is 0. The second-order valence-electron chi connectivity index (χ2n) is 8.27. The molecule has 1 aliphatic rings. The van der Waals surface area contributed by atoms with Gasteiger partial charge >= 0.3 is 6.03 Å². The molecule has 2 aromatic carbocycles. The summed E-state index contributed by atoms with van der Waals surface area (Å²) in [5.74, 6) is -1.39. The lowest BCUT2D eigenvalue weighted by molar-refractivity contribution is 0.159. The van der Waals surface area contributed by atoms with E-state index in [1.54, 1.807) is 32.4 Å². The van der Waals surface area contributed by atoms with Crippen LogP contribution >= 0.6 is 0 Å². The normalized spacial score (nSPS) is 18.3. The number of urea groups is 1. The Morgan fingerprint density at radius 3 is 2.56 bits per heavy atom. The van der Waals surface area contributed by atoms with Gasteiger partial charge in [-0.05, 0) is 48.0 Å². The van der Waals surface area contributed by atoms with Gasteiger partial charge in [0.15, 0.2) is 0 Å². The van der Waals surface area contributed by atoms with E-state index < -0.39 is 29.6 Å². The first-order valence-corrected chi connectivity index (χ1v) is 10.9. The third-order valence-electron chi connectivity index (χ3n) is 5.94. The van der Waals surface area contributed by atoms with E-state index in [2.05, 4.69) is 15.7 Å². The van der Waals surface area contributed by atoms with Crippen molar-refractivity contribution in [3.05, 3.63) is 71.5 Å². The van der Waals surface area contributed by atoms with E-state index in [1.807, 2.05) is 4.90 Å². The molecule has 34 heavy (non-hydrogen) atoms. The molecule has 2 atom stereocenters. The molecule has 0 radical (unpaired) electrons. The number of benzene rings is 2. The van der Waals surface area contributed by atoms with Crippen LogP contribution in [0.3, 0.4) is 0 Å². The van der Waals surface area contributed by atoms with E-state index in [-0.39, 0.29) is 11.4 Å². The number of aromatic nitrogens is 2. The molecule has 7 nitrogen and oxygen atoms in total. The summed E-state index contributed by atoms with van der Waals surface area (Å²) in [4.78, 5) is 14.9. The molecule has 2 heterocycles. The topological polar surface area (TPSA) is 71.4 Å². The zero-order valence-electron chi connectivity index (χ0n) is 18.9. The van der Waals surface area contributed by atoms with Crippen LogP contribution in [-0.4, -0.2) is 60.1 Å². The molecule has 4 rings (SSSR count). The van der Waals surface area contributed by atoms with Crippen molar-refractivity contribution in [3.8, 4) is 11.3 Å². The SMILES string of the molecule is COCCN1CC(NC(=O)Nc2cc(-c3ccc(F)cc3)nn2C)C(c2cc(F)ccc2F)C1.